The van der Waals surface area contributed by atoms with Gasteiger partial charge in [-0.15, -0.1) is 0 Å². The number of urea groups is 1. The third kappa shape index (κ3) is 5.97. The first kappa shape index (κ1) is 23.4. The Morgan fingerprint density at radius 3 is 1.86 bits per heavy atom. The molecule has 4 rings (SSSR count). The van der Waals surface area contributed by atoms with Crippen molar-refractivity contribution in [2.24, 2.45) is 0 Å². The molecule has 2 amide bonds. The average molecular weight is 469 g/mol. The SMILES string of the molecule is COC(=O)c1cc(NC(=O)Nc2ccc(O)cc2)ccc1OC(c1ccccc1)c1ccccc1. The minimum Gasteiger partial charge on any atom is -0.508 e. The maximum Gasteiger partial charge on any atom is 0.341 e. The number of methoxy groups -OCH3 is 1. The minimum atomic E-state index is -0.595. The molecule has 0 aliphatic carbocycles. The number of phenolic OH excluding ortho intramolecular Hbond substituents is 1. The molecule has 0 aromatic heterocycles. The van der Waals surface area contributed by atoms with Gasteiger partial charge in [-0.25, -0.2) is 9.59 Å². The molecule has 7 heteroatoms. The molecule has 0 radical (unpaired) electrons. The number of carbonyl (C=O) groups is 2. The highest BCUT2D eigenvalue weighted by Gasteiger charge is 2.21. The van der Waals surface area contributed by atoms with E-state index in [-0.39, 0.29) is 11.3 Å². The average Bonchev–Trinajstić information content (AvgIpc) is 2.89. The molecule has 4 aromatic rings. The molecule has 0 aliphatic rings. The van der Waals surface area contributed by atoms with Gasteiger partial charge in [0.2, 0.25) is 0 Å². The number of amides is 2. The summed E-state index contributed by atoms with van der Waals surface area (Å²) in [5, 5.41) is 14.7. The summed E-state index contributed by atoms with van der Waals surface area (Å²) in [6.45, 7) is 0. The third-order valence-electron chi connectivity index (χ3n) is 5.22. The first-order valence-electron chi connectivity index (χ1n) is 10.9. The van der Waals surface area contributed by atoms with Gasteiger partial charge in [-0.3, -0.25) is 0 Å². The largest absolute Gasteiger partial charge is 0.508 e. The van der Waals surface area contributed by atoms with E-state index in [9.17, 15) is 14.7 Å². The second-order valence-corrected chi connectivity index (χ2v) is 7.65. The van der Waals surface area contributed by atoms with Crippen LogP contribution < -0.4 is 15.4 Å². The van der Waals surface area contributed by atoms with Crippen molar-refractivity contribution in [1.82, 2.24) is 0 Å². The Morgan fingerprint density at radius 2 is 1.29 bits per heavy atom. The second kappa shape index (κ2) is 10.9. The van der Waals surface area contributed by atoms with E-state index in [0.717, 1.165) is 11.1 Å². The molecule has 0 heterocycles. The summed E-state index contributed by atoms with van der Waals surface area (Å²) < 4.78 is 11.3. The molecule has 0 saturated heterocycles. The van der Waals surface area contributed by atoms with Gasteiger partial charge in [0.1, 0.15) is 23.2 Å². The van der Waals surface area contributed by atoms with Gasteiger partial charge in [-0.1, -0.05) is 60.7 Å². The molecule has 35 heavy (non-hydrogen) atoms. The number of benzene rings is 4. The summed E-state index contributed by atoms with van der Waals surface area (Å²) in [6.07, 6.45) is -0.461. The van der Waals surface area contributed by atoms with Crippen molar-refractivity contribution >= 4 is 23.4 Å². The third-order valence-corrected chi connectivity index (χ3v) is 5.22. The molecule has 4 aromatic carbocycles. The number of carbonyl (C=O) groups excluding carboxylic acids is 2. The molecule has 0 aliphatic heterocycles. The molecular weight excluding hydrogens is 444 g/mol. The van der Waals surface area contributed by atoms with E-state index in [1.54, 1.807) is 24.3 Å². The Balaban J connectivity index is 1.60. The van der Waals surface area contributed by atoms with Crippen LogP contribution >= 0.6 is 0 Å². The Morgan fingerprint density at radius 1 is 0.743 bits per heavy atom. The number of rotatable bonds is 7. The molecule has 0 unspecified atom stereocenters. The fourth-order valence-electron chi connectivity index (χ4n) is 3.53. The Kier molecular flexibility index (Phi) is 7.28. The van der Waals surface area contributed by atoms with Crippen LogP contribution in [-0.2, 0) is 4.74 Å². The number of phenols is 1. The van der Waals surface area contributed by atoms with Gasteiger partial charge >= 0.3 is 12.0 Å². The van der Waals surface area contributed by atoms with Crippen LogP contribution in [0.15, 0.2) is 103 Å². The summed E-state index contributed by atoms with van der Waals surface area (Å²) in [7, 11) is 1.29. The zero-order chi connectivity index (χ0) is 24.6. The smallest absolute Gasteiger partial charge is 0.341 e. The number of ether oxygens (including phenoxy) is 2. The molecule has 0 atom stereocenters. The topological polar surface area (TPSA) is 96.9 Å². The van der Waals surface area contributed by atoms with Gasteiger partial charge in [-0.05, 0) is 53.6 Å². The van der Waals surface area contributed by atoms with E-state index in [1.165, 1.54) is 25.3 Å². The lowest BCUT2D eigenvalue weighted by atomic mass is 10.0. The van der Waals surface area contributed by atoms with Crippen molar-refractivity contribution in [3.63, 3.8) is 0 Å². The van der Waals surface area contributed by atoms with Crippen molar-refractivity contribution in [2.75, 3.05) is 17.7 Å². The van der Waals surface area contributed by atoms with E-state index in [0.29, 0.717) is 17.1 Å². The van der Waals surface area contributed by atoms with Gasteiger partial charge in [0.15, 0.2) is 0 Å². The highest BCUT2D eigenvalue weighted by Crippen LogP contribution is 2.32. The van der Waals surface area contributed by atoms with Crippen LogP contribution in [0.1, 0.15) is 27.6 Å². The summed E-state index contributed by atoms with van der Waals surface area (Å²) in [4.78, 5) is 25.0. The molecule has 0 saturated carbocycles. The zero-order valence-corrected chi connectivity index (χ0v) is 19.0. The Hall–Kier alpha value is -4.78. The van der Waals surface area contributed by atoms with Crippen LogP contribution in [0.25, 0.3) is 0 Å². The van der Waals surface area contributed by atoms with Crippen LogP contribution in [0.2, 0.25) is 0 Å². The first-order valence-corrected chi connectivity index (χ1v) is 10.9. The monoisotopic (exact) mass is 468 g/mol. The van der Waals surface area contributed by atoms with Gasteiger partial charge in [0, 0.05) is 11.4 Å². The van der Waals surface area contributed by atoms with Crippen LogP contribution in [0.3, 0.4) is 0 Å². The molecule has 176 valence electrons. The predicted molar refractivity (Wildman–Crippen MR) is 134 cm³/mol. The molecule has 0 bridgehead atoms. The number of hydrogen-bond donors (Lipinski definition) is 3. The summed E-state index contributed by atoms with van der Waals surface area (Å²) >= 11 is 0. The fraction of sp³-hybridized carbons (Fsp3) is 0.0714. The van der Waals surface area contributed by atoms with Crippen molar-refractivity contribution in [3.8, 4) is 11.5 Å². The van der Waals surface area contributed by atoms with E-state index in [2.05, 4.69) is 10.6 Å². The number of nitrogens with one attached hydrogen (secondary N) is 2. The molecule has 0 spiro atoms. The number of anilines is 2. The maximum atomic E-state index is 12.6. The van der Waals surface area contributed by atoms with E-state index >= 15 is 0 Å². The van der Waals surface area contributed by atoms with Gasteiger partial charge < -0.3 is 25.2 Å². The van der Waals surface area contributed by atoms with Crippen molar-refractivity contribution < 1.29 is 24.2 Å². The lowest BCUT2D eigenvalue weighted by Gasteiger charge is -2.22. The normalized spacial score (nSPS) is 10.5. The van der Waals surface area contributed by atoms with Crippen LogP contribution in [0.4, 0.5) is 16.2 Å². The quantitative estimate of drug-likeness (QED) is 0.229. The number of esters is 1. The van der Waals surface area contributed by atoms with E-state index in [4.69, 9.17) is 9.47 Å². The van der Waals surface area contributed by atoms with E-state index in [1.807, 2.05) is 60.7 Å². The van der Waals surface area contributed by atoms with Crippen LogP contribution in [0.5, 0.6) is 11.5 Å². The lowest BCUT2D eigenvalue weighted by Crippen LogP contribution is -2.20. The van der Waals surface area contributed by atoms with Gasteiger partial charge in [0.05, 0.1) is 7.11 Å². The Labute approximate surface area is 203 Å². The molecule has 0 fully saturated rings. The standard InChI is InChI=1S/C28H24N2O5/c1-34-27(32)24-18-22(30-28(33)29-21-12-15-23(31)16-13-21)14-17-25(24)35-26(19-8-4-2-5-9-19)20-10-6-3-7-11-20/h2-18,26,31H,1H3,(H2,29,30,33). The highest BCUT2D eigenvalue weighted by molar-refractivity contribution is 6.01. The number of aromatic hydroxyl groups is 1. The lowest BCUT2D eigenvalue weighted by molar-refractivity contribution is 0.0594. The molecule has 3 N–H and O–H groups in total. The number of hydrogen-bond acceptors (Lipinski definition) is 5. The molecule has 7 nitrogen and oxygen atoms in total. The van der Waals surface area contributed by atoms with Crippen molar-refractivity contribution in [1.29, 1.82) is 0 Å². The predicted octanol–water partition coefficient (Wildman–Crippen LogP) is 5.99. The zero-order valence-electron chi connectivity index (χ0n) is 19.0. The summed E-state index contributed by atoms with van der Waals surface area (Å²) in [5.74, 6) is -0.180. The van der Waals surface area contributed by atoms with Crippen LogP contribution in [-0.4, -0.2) is 24.2 Å². The highest BCUT2D eigenvalue weighted by atomic mass is 16.5. The van der Waals surface area contributed by atoms with Crippen LogP contribution in [0, 0.1) is 0 Å². The summed E-state index contributed by atoms with van der Waals surface area (Å²) in [5.41, 5.74) is 2.90. The van der Waals surface area contributed by atoms with Crippen molar-refractivity contribution in [3.05, 3.63) is 120 Å². The summed E-state index contributed by atoms with van der Waals surface area (Å²) in [6, 6.07) is 29.7. The van der Waals surface area contributed by atoms with E-state index < -0.39 is 18.1 Å². The first-order chi connectivity index (χ1) is 17.0. The van der Waals surface area contributed by atoms with Gasteiger partial charge in [-0.2, -0.15) is 0 Å². The molecular formula is C28H24N2O5. The van der Waals surface area contributed by atoms with Crippen molar-refractivity contribution in [2.45, 2.75) is 6.10 Å². The minimum absolute atomic E-state index is 0.0959. The fourth-order valence-corrected chi connectivity index (χ4v) is 3.53. The maximum absolute atomic E-state index is 12.6. The second-order valence-electron chi connectivity index (χ2n) is 7.65. The van der Waals surface area contributed by atoms with Gasteiger partial charge in [0.25, 0.3) is 0 Å². The Bertz CT molecular complexity index is 1250.